The number of alkyl halides is 3. The Bertz CT molecular complexity index is 442. The average molecular weight is 233 g/mol. The van der Waals surface area contributed by atoms with Crippen LogP contribution in [0.3, 0.4) is 0 Å². The molecule has 7 heteroatoms. The van der Waals surface area contributed by atoms with Gasteiger partial charge in [0.2, 0.25) is 0 Å². The third-order valence-electron chi connectivity index (χ3n) is 2.07. The molecule has 0 atom stereocenters. The predicted molar refractivity (Wildman–Crippen MR) is 46.2 cm³/mol. The van der Waals surface area contributed by atoms with Crippen LogP contribution in [-0.2, 0) is 11.5 Å². The Labute approximate surface area is 87.8 Å². The molecule has 0 amide bonds. The van der Waals surface area contributed by atoms with Crippen molar-refractivity contribution in [1.29, 1.82) is 0 Å². The van der Waals surface area contributed by atoms with Gasteiger partial charge in [0.1, 0.15) is 6.61 Å². The van der Waals surface area contributed by atoms with Gasteiger partial charge in [-0.1, -0.05) is 17.3 Å². The van der Waals surface area contributed by atoms with E-state index in [0.717, 1.165) is 6.07 Å². The van der Waals surface area contributed by atoms with Crippen LogP contribution in [0.15, 0.2) is 23.4 Å². The van der Waals surface area contributed by atoms with Crippen molar-refractivity contribution in [2.45, 2.75) is 12.8 Å². The lowest BCUT2D eigenvalue weighted by atomic mass is 10.1. The first-order chi connectivity index (χ1) is 7.52. The molecule has 16 heavy (non-hydrogen) atoms. The maximum atomic E-state index is 12.4. The van der Waals surface area contributed by atoms with Gasteiger partial charge >= 0.3 is 6.18 Å². The summed E-state index contributed by atoms with van der Waals surface area (Å²) < 4.78 is 37.2. The van der Waals surface area contributed by atoms with Crippen LogP contribution >= 0.6 is 0 Å². The third kappa shape index (κ3) is 1.81. The van der Waals surface area contributed by atoms with Gasteiger partial charge in [0, 0.05) is 11.1 Å². The van der Waals surface area contributed by atoms with E-state index in [1.54, 1.807) is 0 Å². The molecule has 0 saturated heterocycles. The zero-order chi connectivity index (χ0) is 11.8. The fourth-order valence-corrected chi connectivity index (χ4v) is 1.33. The molecule has 0 fully saturated rings. The summed E-state index contributed by atoms with van der Waals surface area (Å²) in [5.74, 6) is 0.197. The van der Waals surface area contributed by atoms with Gasteiger partial charge in [-0.3, -0.25) is 0 Å². The Morgan fingerprint density at radius 1 is 1.38 bits per heavy atom. The minimum Gasteiger partial charge on any atom is -0.410 e. The zero-order valence-electron chi connectivity index (χ0n) is 7.78. The summed E-state index contributed by atoms with van der Waals surface area (Å²) in [6, 6.07) is 3.74. The van der Waals surface area contributed by atoms with Crippen LogP contribution < -0.4 is 4.89 Å². The molecule has 1 aromatic carbocycles. The molecule has 0 spiro atoms. The molecule has 0 bridgehead atoms. The number of hydrogen-bond acceptors (Lipinski definition) is 4. The van der Waals surface area contributed by atoms with Crippen molar-refractivity contribution in [1.82, 2.24) is 0 Å². The summed E-state index contributed by atoms with van der Waals surface area (Å²) in [5.41, 5.74) is -1.01. The lowest BCUT2D eigenvalue weighted by Crippen LogP contribution is -2.24. The molecule has 1 N–H and O–H groups in total. The summed E-state index contributed by atoms with van der Waals surface area (Å²) in [6.07, 6.45) is -4.72. The highest BCUT2D eigenvalue weighted by molar-refractivity contribution is 6.04. The van der Waals surface area contributed by atoms with Gasteiger partial charge in [-0.2, -0.15) is 18.1 Å². The van der Waals surface area contributed by atoms with E-state index >= 15 is 0 Å². The zero-order valence-corrected chi connectivity index (χ0v) is 7.78. The fraction of sp³-hybridized carbons (Fsp3) is 0.222. The molecule has 1 heterocycles. The van der Waals surface area contributed by atoms with E-state index in [9.17, 15) is 13.2 Å². The Hall–Kier alpha value is -1.76. The van der Waals surface area contributed by atoms with E-state index in [1.807, 2.05) is 0 Å². The van der Waals surface area contributed by atoms with Crippen molar-refractivity contribution in [2.24, 2.45) is 5.16 Å². The van der Waals surface area contributed by atoms with Crippen LogP contribution in [0.1, 0.15) is 11.1 Å². The Kier molecular flexibility index (Phi) is 2.47. The molecular formula is C9H6F3NO3. The minimum absolute atomic E-state index is 0.188. The minimum atomic E-state index is -4.72. The number of halogens is 3. The number of nitrogens with zero attached hydrogens (tertiary/aromatic N) is 1. The van der Waals surface area contributed by atoms with Gasteiger partial charge in [0.25, 0.3) is 0 Å². The highest BCUT2D eigenvalue weighted by atomic mass is 19.4. The molecule has 1 aromatic rings. The van der Waals surface area contributed by atoms with Gasteiger partial charge < -0.3 is 10.1 Å². The van der Waals surface area contributed by atoms with Crippen molar-refractivity contribution in [3.8, 4) is 5.75 Å². The van der Waals surface area contributed by atoms with Crippen molar-refractivity contribution >= 4 is 5.71 Å². The first kappa shape index (κ1) is 10.7. The molecular weight excluding hydrogens is 227 g/mol. The normalized spacial score (nSPS) is 15.8. The quantitative estimate of drug-likeness (QED) is 0.350. The van der Waals surface area contributed by atoms with Crippen LogP contribution in [0.4, 0.5) is 13.2 Å². The summed E-state index contributed by atoms with van der Waals surface area (Å²) >= 11 is 0. The second-order valence-electron chi connectivity index (χ2n) is 3.11. The van der Waals surface area contributed by atoms with Crippen molar-refractivity contribution in [3.05, 3.63) is 29.3 Å². The van der Waals surface area contributed by atoms with E-state index in [2.05, 4.69) is 14.9 Å². The van der Waals surface area contributed by atoms with Crippen LogP contribution in [-0.4, -0.2) is 17.1 Å². The highest BCUT2D eigenvalue weighted by Gasteiger charge is 2.38. The summed E-state index contributed by atoms with van der Waals surface area (Å²) in [5, 5.41) is 10.6. The number of fused-ring (bicyclic) bond motifs is 1. The van der Waals surface area contributed by atoms with Crippen LogP contribution in [0.25, 0.3) is 0 Å². The Morgan fingerprint density at radius 2 is 2.12 bits per heavy atom. The third-order valence-corrected chi connectivity index (χ3v) is 2.07. The Balaban J connectivity index is 2.41. The van der Waals surface area contributed by atoms with Gasteiger partial charge in [-0.15, -0.1) is 0 Å². The van der Waals surface area contributed by atoms with E-state index in [0.29, 0.717) is 5.56 Å². The van der Waals surface area contributed by atoms with Crippen LogP contribution in [0, 0.1) is 0 Å². The lowest BCUT2D eigenvalue weighted by molar-refractivity contribution is -0.194. The molecule has 86 valence electrons. The molecule has 0 saturated carbocycles. The van der Waals surface area contributed by atoms with E-state index in [1.165, 1.54) is 12.1 Å². The topological polar surface area (TPSA) is 51.1 Å². The maximum Gasteiger partial charge on any atom is 0.437 e. The lowest BCUT2D eigenvalue weighted by Gasteiger charge is -2.08. The average Bonchev–Trinajstić information content (AvgIpc) is 2.63. The second kappa shape index (κ2) is 3.67. The fourth-order valence-electron chi connectivity index (χ4n) is 1.33. The highest BCUT2D eigenvalue weighted by Crippen LogP contribution is 2.30. The molecule has 4 nitrogen and oxygen atoms in total. The predicted octanol–water partition coefficient (Wildman–Crippen LogP) is 2.25. The van der Waals surface area contributed by atoms with Gasteiger partial charge in [0.05, 0.1) is 0 Å². The van der Waals surface area contributed by atoms with Crippen LogP contribution in [0.2, 0.25) is 0 Å². The summed E-state index contributed by atoms with van der Waals surface area (Å²) in [4.78, 5) is 9.23. The van der Waals surface area contributed by atoms with Crippen molar-refractivity contribution in [2.75, 3.05) is 0 Å². The smallest absolute Gasteiger partial charge is 0.410 e. The Morgan fingerprint density at radius 3 is 2.75 bits per heavy atom. The first-order valence-corrected chi connectivity index (χ1v) is 4.24. The molecule has 0 unspecified atom stereocenters. The van der Waals surface area contributed by atoms with Crippen molar-refractivity contribution in [3.63, 3.8) is 0 Å². The van der Waals surface area contributed by atoms with Crippen LogP contribution in [0.5, 0.6) is 5.75 Å². The molecule has 1 aliphatic heterocycles. The monoisotopic (exact) mass is 233 g/mol. The van der Waals surface area contributed by atoms with Gasteiger partial charge in [-0.25, -0.2) is 0 Å². The maximum absolute atomic E-state index is 12.4. The number of oxime groups is 1. The van der Waals surface area contributed by atoms with Crippen molar-refractivity contribution < 1.29 is 28.2 Å². The second-order valence-corrected chi connectivity index (χ2v) is 3.11. The molecule has 2 rings (SSSR count). The number of hydrogen-bond donors (Lipinski definition) is 1. The van der Waals surface area contributed by atoms with E-state index in [4.69, 9.17) is 5.21 Å². The van der Waals surface area contributed by atoms with Gasteiger partial charge in [-0.05, 0) is 6.07 Å². The van der Waals surface area contributed by atoms with E-state index in [-0.39, 0.29) is 17.9 Å². The summed E-state index contributed by atoms with van der Waals surface area (Å²) in [6.45, 7) is 0.188. The molecule has 0 radical (unpaired) electrons. The SMILES string of the molecule is O/N=C(/c1ccc2c(c1)OOC2)C(F)(F)F. The summed E-state index contributed by atoms with van der Waals surface area (Å²) in [7, 11) is 0. The standard InChI is InChI=1S/C9H6F3NO3/c10-9(11,12)8(13-14)5-1-2-6-4-15-16-7(6)3-5/h1-3,14H,4H2/b13-8-. The number of rotatable bonds is 1. The molecule has 1 aliphatic rings. The van der Waals surface area contributed by atoms with Gasteiger partial charge in [0.15, 0.2) is 11.5 Å². The largest absolute Gasteiger partial charge is 0.437 e. The number of benzene rings is 1. The molecule has 0 aliphatic carbocycles. The molecule has 0 aromatic heterocycles. The first-order valence-electron chi connectivity index (χ1n) is 4.24. The van der Waals surface area contributed by atoms with E-state index < -0.39 is 11.9 Å².